The predicted molar refractivity (Wildman–Crippen MR) is 66.6 cm³/mol. The number of ether oxygens (including phenoxy) is 1. The Labute approximate surface area is 101 Å². The summed E-state index contributed by atoms with van der Waals surface area (Å²) in [6.07, 6.45) is 7.10. The molecule has 2 heterocycles. The van der Waals surface area contributed by atoms with Gasteiger partial charge in [0.2, 0.25) is 0 Å². The average molecular weight is 240 g/mol. The Hall–Kier alpha value is -0.450. The van der Waals surface area contributed by atoms with E-state index in [-0.39, 0.29) is 0 Å². The molecule has 1 saturated heterocycles. The molecule has 1 aliphatic rings. The lowest BCUT2D eigenvalue weighted by molar-refractivity contribution is 0.114. The van der Waals surface area contributed by atoms with Gasteiger partial charge in [-0.2, -0.15) is 0 Å². The molecule has 3 nitrogen and oxygen atoms in total. The molecule has 1 fully saturated rings. The topological polar surface area (TPSA) is 34.1 Å². The molecule has 90 valence electrons. The van der Waals surface area contributed by atoms with Gasteiger partial charge in [-0.3, -0.25) is 4.98 Å². The zero-order valence-electron chi connectivity index (χ0n) is 9.65. The summed E-state index contributed by atoms with van der Waals surface area (Å²) < 4.78 is 5.62. The van der Waals surface area contributed by atoms with E-state index in [4.69, 9.17) is 4.74 Å². The SMILES string of the molecule is c1ncc(COCCC[C@@H]2CCCNC2)s1. The third-order valence-electron chi connectivity index (χ3n) is 3.03. The van der Waals surface area contributed by atoms with Gasteiger partial charge in [-0.25, -0.2) is 0 Å². The molecule has 1 N–H and O–H groups in total. The molecule has 0 aromatic carbocycles. The molecule has 16 heavy (non-hydrogen) atoms. The van der Waals surface area contributed by atoms with Crippen LogP contribution in [-0.4, -0.2) is 24.7 Å². The Balaban J connectivity index is 1.48. The summed E-state index contributed by atoms with van der Waals surface area (Å²) >= 11 is 1.66. The quantitative estimate of drug-likeness (QED) is 0.776. The fourth-order valence-corrected chi connectivity index (χ4v) is 2.66. The van der Waals surface area contributed by atoms with Gasteiger partial charge in [0.05, 0.1) is 17.0 Å². The van der Waals surface area contributed by atoms with E-state index in [1.807, 2.05) is 11.7 Å². The second-order valence-corrected chi connectivity index (χ2v) is 5.35. The number of nitrogens with one attached hydrogen (secondary N) is 1. The van der Waals surface area contributed by atoms with E-state index in [1.165, 1.54) is 43.6 Å². The van der Waals surface area contributed by atoms with Crippen LogP contribution in [0.5, 0.6) is 0 Å². The molecule has 0 amide bonds. The Morgan fingerprint density at radius 2 is 2.56 bits per heavy atom. The van der Waals surface area contributed by atoms with Crippen molar-refractivity contribution in [3.8, 4) is 0 Å². The van der Waals surface area contributed by atoms with Crippen LogP contribution in [0.25, 0.3) is 0 Å². The highest BCUT2D eigenvalue weighted by molar-refractivity contribution is 7.09. The molecule has 0 unspecified atom stereocenters. The summed E-state index contributed by atoms with van der Waals surface area (Å²) in [4.78, 5) is 5.25. The van der Waals surface area contributed by atoms with Crippen LogP contribution in [0.1, 0.15) is 30.6 Å². The lowest BCUT2D eigenvalue weighted by Gasteiger charge is -2.22. The Morgan fingerprint density at radius 1 is 1.56 bits per heavy atom. The molecule has 2 rings (SSSR count). The third kappa shape index (κ3) is 4.20. The van der Waals surface area contributed by atoms with E-state index < -0.39 is 0 Å². The van der Waals surface area contributed by atoms with E-state index in [0.29, 0.717) is 0 Å². The maximum atomic E-state index is 5.62. The maximum Gasteiger partial charge on any atom is 0.0825 e. The largest absolute Gasteiger partial charge is 0.376 e. The molecule has 4 heteroatoms. The van der Waals surface area contributed by atoms with Crippen molar-refractivity contribution in [3.05, 3.63) is 16.6 Å². The van der Waals surface area contributed by atoms with E-state index in [9.17, 15) is 0 Å². The minimum absolute atomic E-state index is 0.730. The Morgan fingerprint density at radius 3 is 3.31 bits per heavy atom. The number of nitrogens with zero attached hydrogens (tertiary/aromatic N) is 1. The molecule has 0 aliphatic carbocycles. The first-order chi connectivity index (χ1) is 7.95. The fourth-order valence-electron chi connectivity index (χ4n) is 2.13. The van der Waals surface area contributed by atoms with Gasteiger partial charge in [0, 0.05) is 12.8 Å². The molecule has 1 aromatic rings. The Bertz CT molecular complexity index is 271. The van der Waals surface area contributed by atoms with Gasteiger partial charge in [0.25, 0.3) is 0 Å². The van der Waals surface area contributed by atoms with Crippen molar-refractivity contribution in [2.45, 2.75) is 32.3 Å². The summed E-state index contributed by atoms with van der Waals surface area (Å²) in [7, 11) is 0. The number of thiazole rings is 1. The first-order valence-corrected chi connectivity index (χ1v) is 6.99. The number of aromatic nitrogens is 1. The highest BCUT2D eigenvalue weighted by atomic mass is 32.1. The highest BCUT2D eigenvalue weighted by Crippen LogP contribution is 2.16. The van der Waals surface area contributed by atoms with Crippen molar-refractivity contribution < 1.29 is 4.74 Å². The van der Waals surface area contributed by atoms with Crippen molar-refractivity contribution in [2.24, 2.45) is 5.92 Å². The summed E-state index contributed by atoms with van der Waals surface area (Å²) in [6.45, 7) is 4.02. The van der Waals surface area contributed by atoms with Gasteiger partial charge in [0.15, 0.2) is 0 Å². The smallest absolute Gasteiger partial charge is 0.0825 e. The molecular weight excluding hydrogens is 220 g/mol. The number of hydrogen-bond donors (Lipinski definition) is 1. The highest BCUT2D eigenvalue weighted by Gasteiger charge is 2.11. The monoisotopic (exact) mass is 240 g/mol. The predicted octanol–water partition coefficient (Wildman–Crippen LogP) is 2.44. The van der Waals surface area contributed by atoms with Crippen LogP contribution in [0.2, 0.25) is 0 Å². The van der Waals surface area contributed by atoms with Gasteiger partial charge in [-0.1, -0.05) is 0 Å². The van der Waals surface area contributed by atoms with Crippen molar-refractivity contribution in [2.75, 3.05) is 19.7 Å². The zero-order chi connectivity index (χ0) is 11.1. The minimum atomic E-state index is 0.730. The first-order valence-electron chi connectivity index (χ1n) is 6.11. The van der Waals surface area contributed by atoms with E-state index in [1.54, 1.807) is 11.3 Å². The first kappa shape index (κ1) is 12.0. The van der Waals surface area contributed by atoms with Gasteiger partial charge >= 0.3 is 0 Å². The van der Waals surface area contributed by atoms with Crippen molar-refractivity contribution in [1.29, 1.82) is 0 Å². The standard InChI is InChI=1S/C12H20N2OS/c1-3-11(7-13-5-1)4-2-6-15-9-12-8-14-10-16-12/h8,10-11,13H,1-7,9H2/t11-/m0/s1. The van der Waals surface area contributed by atoms with Crippen LogP contribution >= 0.6 is 11.3 Å². The van der Waals surface area contributed by atoms with E-state index in [0.717, 1.165) is 19.1 Å². The second-order valence-electron chi connectivity index (χ2n) is 4.37. The average Bonchev–Trinajstić information content (AvgIpc) is 2.83. The molecule has 0 saturated carbocycles. The molecule has 1 atom stereocenters. The fraction of sp³-hybridized carbons (Fsp3) is 0.750. The lowest BCUT2D eigenvalue weighted by atomic mass is 9.95. The number of rotatable bonds is 6. The number of piperidine rings is 1. The maximum absolute atomic E-state index is 5.62. The molecule has 0 radical (unpaired) electrons. The lowest BCUT2D eigenvalue weighted by Crippen LogP contribution is -2.29. The van der Waals surface area contributed by atoms with Crippen LogP contribution in [0, 0.1) is 5.92 Å². The molecule has 0 spiro atoms. The van der Waals surface area contributed by atoms with Crippen LogP contribution in [0.4, 0.5) is 0 Å². The van der Waals surface area contributed by atoms with Crippen LogP contribution in [0.3, 0.4) is 0 Å². The molecule has 1 aromatic heterocycles. The van der Waals surface area contributed by atoms with Gasteiger partial charge in [0.1, 0.15) is 0 Å². The molecule has 0 bridgehead atoms. The second kappa shape index (κ2) is 6.99. The summed E-state index contributed by atoms with van der Waals surface area (Å²) in [5.74, 6) is 0.876. The molecule has 1 aliphatic heterocycles. The van der Waals surface area contributed by atoms with Gasteiger partial charge < -0.3 is 10.1 Å². The Kier molecular flexibility index (Phi) is 5.25. The number of hydrogen-bond acceptors (Lipinski definition) is 4. The van der Waals surface area contributed by atoms with Crippen LogP contribution in [0.15, 0.2) is 11.7 Å². The van der Waals surface area contributed by atoms with Crippen molar-refractivity contribution >= 4 is 11.3 Å². The minimum Gasteiger partial charge on any atom is -0.376 e. The van der Waals surface area contributed by atoms with Crippen molar-refractivity contribution in [3.63, 3.8) is 0 Å². The van der Waals surface area contributed by atoms with E-state index >= 15 is 0 Å². The van der Waals surface area contributed by atoms with Gasteiger partial charge in [-0.05, 0) is 44.7 Å². The molecular formula is C12H20N2OS. The summed E-state index contributed by atoms with van der Waals surface area (Å²) in [5.41, 5.74) is 1.85. The zero-order valence-corrected chi connectivity index (χ0v) is 10.5. The van der Waals surface area contributed by atoms with Gasteiger partial charge in [-0.15, -0.1) is 11.3 Å². The van der Waals surface area contributed by atoms with Crippen LogP contribution in [-0.2, 0) is 11.3 Å². The van der Waals surface area contributed by atoms with Crippen molar-refractivity contribution in [1.82, 2.24) is 10.3 Å². The van der Waals surface area contributed by atoms with E-state index in [2.05, 4.69) is 10.3 Å². The third-order valence-corrected chi connectivity index (χ3v) is 3.78. The summed E-state index contributed by atoms with van der Waals surface area (Å²) in [6, 6.07) is 0. The van der Waals surface area contributed by atoms with Crippen LogP contribution < -0.4 is 5.32 Å². The summed E-state index contributed by atoms with van der Waals surface area (Å²) in [5, 5.41) is 3.45. The normalized spacial score (nSPS) is 21.1.